The van der Waals surface area contributed by atoms with Gasteiger partial charge in [0.1, 0.15) is 11.5 Å². The van der Waals surface area contributed by atoms with E-state index in [4.69, 9.17) is 20.8 Å². The Hall–Kier alpha value is -1.83. The highest BCUT2D eigenvalue weighted by molar-refractivity contribution is 7.89. The Labute approximate surface area is 152 Å². The van der Waals surface area contributed by atoms with Crippen LogP contribution in [0, 0.1) is 0 Å². The van der Waals surface area contributed by atoms with Crippen molar-refractivity contribution in [1.29, 1.82) is 0 Å². The van der Waals surface area contributed by atoms with Gasteiger partial charge in [0.05, 0.1) is 5.75 Å². The van der Waals surface area contributed by atoms with Crippen molar-refractivity contribution in [1.82, 2.24) is 5.32 Å². The van der Waals surface area contributed by atoms with E-state index in [2.05, 4.69) is 5.32 Å². The minimum Gasteiger partial charge on any atom is -0.455 e. The third-order valence-electron chi connectivity index (χ3n) is 3.33. The molecule has 0 aliphatic heterocycles. The molecule has 25 heavy (non-hydrogen) atoms. The molecule has 8 heteroatoms. The largest absolute Gasteiger partial charge is 0.455 e. The molecule has 0 spiro atoms. The number of amides is 1. The Morgan fingerprint density at radius 2 is 2.04 bits per heavy atom. The van der Waals surface area contributed by atoms with Crippen LogP contribution in [0.3, 0.4) is 0 Å². The van der Waals surface area contributed by atoms with Gasteiger partial charge < -0.3 is 14.5 Å². The van der Waals surface area contributed by atoms with Crippen LogP contribution in [0.4, 0.5) is 0 Å². The molecule has 0 saturated heterocycles. The summed E-state index contributed by atoms with van der Waals surface area (Å²) in [4.78, 5) is 11.9. The Balaban J connectivity index is 1.94. The molecule has 2 rings (SSSR count). The fourth-order valence-electron chi connectivity index (χ4n) is 2.23. The van der Waals surface area contributed by atoms with Crippen LogP contribution in [0.2, 0.25) is 5.02 Å². The van der Waals surface area contributed by atoms with Gasteiger partial charge in [0.25, 0.3) is 5.91 Å². The Bertz CT molecular complexity index is 816. The number of furan rings is 1. The first-order valence-electron chi connectivity index (χ1n) is 7.70. The zero-order chi connectivity index (χ0) is 18.3. The number of sulfone groups is 1. The number of hydrogen-bond donors (Lipinski definition) is 1. The maximum Gasteiger partial charge on any atom is 0.286 e. The summed E-state index contributed by atoms with van der Waals surface area (Å²) >= 11 is 5.87. The topological polar surface area (TPSA) is 85.6 Å². The molecule has 0 fully saturated rings. The van der Waals surface area contributed by atoms with Crippen LogP contribution in [-0.4, -0.2) is 34.6 Å². The van der Waals surface area contributed by atoms with Gasteiger partial charge in [0.15, 0.2) is 15.6 Å². The second kappa shape index (κ2) is 9.03. The van der Waals surface area contributed by atoms with Crippen molar-refractivity contribution in [3.8, 4) is 0 Å². The fourth-order valence-corrected chi connectivity index (χ4v) is 3.82. The Morgan fingerprint density at radius 3 is 2.76 bits per heavy atom. The number of rotatable bonds is 9. The second-order valence-corrected chi connectivity index (χ2v) is 8.03. The Morgan fingerprint density at radius 1 is 1.24 bits per heavy atom. The van der Waals surface area contributed by atoms with Crippen LogP contribution >= 0.6 is 11.6 Å². The van der Waals surface area contributed by atoms with Gasteiger partial charge in [-0.05, 0) is 36.2 Å². The lowest BCUT2D eigenvalue weighted by atomic mass is 10.2. The minimum absolute atomic E-state index is 0.0883. The zero-order valence-electron chi connectivity index (χ0n) is 13.8. The number of methoxy groups -OCH3 is 1. The average Bonchev–Trinajstić information content (AvgIpc) is 2.98. The van der Waals surface area contributed by atoms with E-state index in [-0.39, 0.29) is 28.9 Å². The molecule has 0 aliphatic rings. The average molecular weight is 386 g/mol. The van der Waals surface area contributed by atoms with Crippen LogP contribution < -0.4 is 5.32 Å². The van der Waals surface area contributed by atoms with E-state index >= 15 is 0 Å². The number of hydrogen-bond acceptors (Lipinski definition) is 5. The maximum atomic E-state index is 12.3. The molecule has 0 aliphatic carbocycles. The summed E-state index contributed by atoms with van der Waals surface area (Å²) in [5, 5.41) is 3.16. The second-order valence-electron chi connectivity index (χ2n) is 5.53. The first-order valence-corrected chi connectivity index (χ1v) is 9.90. The zero-order valence-corrected chi connectivity index (χ0v) is 15.4. The number of halogens is 1. The summed E-state index contributed by atoms with van der Waals surface area (Å²) in [6, 6.07) is 9.66. The monoisotopic (exact) mass is 385 g/mol. The molecule has 0 radical (unpaired) electrons. The van der Waals surface area contributed by atoms with Crippen molar-refractivity contribution in [3.63, 3.8) is 0 Å². The summed E-state index contributed by atoms with van der Waals surface area (Å²) < 4.78 is 34.8. The maximum absolute atomic E-state index is 12.3. The number of nitrogens with one attached hydrogen (secondary N) is 1. The van der Waals surface area contributed by atoms with Gasteiger partial charge in [0, 0.05) is 25.3 Å². The van der Waals surface area contributed by atoms with E-state index in [0.29, 0.717) is 30.2 Å². The van der Waals surface area contributed by atoms with Gasteiger partial charge in [-0.1, -0.05) is 23.7 Å². The minimum atomic E-state index is -3.44. The fraction of sp³-hybridized carbons (Fsp3) is 0.353. The molecule has 1 aromatic carbocycles. The lowest BCUT2D eigenvalue weighted by Gasteiger charge is -2.04. The van der Waals surface area contributed by atoms with Crippen molar-refractivity contribution in [3.05, 3.63) is 58.5 Å². The summed E-state index contributed by atoms with van der Waals surface area (Å²) in [7, 11) is -1.85. The van der Waals surface area contributed by atoms with Crippen molar-refractivity contribution in [2.24, 2.45) is 0 Å². The van der Waals surface area contributed by atoms with Crippen LogP contribution in [0.15, 0.2) is 40.8 Å². The third kappa shape index (κ3) is 6.53. The molecule has 1 aromatic heterocycles. The quantitative estimate of drug-likeness (QED) is 0.671. The first-order chi connectivity index (χ1) is 11.9. The van der Waals surface area contributed by atoms with E-state index in [1.165, 1.54) is 12.1 Å². The van der Waals surface area contributed by atoms with Gasteiger partial charge >= 0.3 is 0 Å². The molecule has 1 heterocycles. The van der Waals surface area contributed by atoms with Crippen molar-refractivity contribution >= 4 is 27.3 Å². The molecule has 0 bridgehead atoms. The van der Waals surface area contributed by atoms with Crippen molar-refractivity contribution in [2.75, 3.05) is 20.3 Å². The highest BCUT2D eigenvalue weighted by Gasteiger charge is 2.18. The van der Waals surface area contributed by atoms with Gasteiger partial charge in [0.2, 0.25) is 0 Å². The highest BCUT2D eigenvalue weighted by Crippen LogP contribution is 2.17. The van der Waals surface area contributed by atoms with Crippen molar-refractivity contribution < 1.29 is 22.4 Å². The van der Waals surface area contributed by atoms with Crippen LogP contribution in [-0.2, 0) is 26.1 Å². The van der Waals surface area contributed by atoms with Crippen LogP contribution in [0.25, 0.3) is 0 Å². The Kier molecular flexibility index (Phi) is 7.04. The predicted molar refractivity (Wildman–Crippen MR) is 95.3 cm³/mol. The lowest BCUT2D eigenvalue weighted by molar-refractivity contribution is 0.0919. The summed E-state index contributed by atoms with van der Waals surface area (Å²) in [6.07, 6.45) is 0.684. The highest BCUT2D eigenvalue weighted by atomic mass is 35.5. The summed E-state index contributed by atoms with van der Waals surface area (Å²) in [6.45, 7) is 1.00. The van der Waals surface area contributed by atoms with E-state index in [1.807, 2.05) is 0 Å². The summed E-state index contributed by atoms with van der Waals surface area (Å²) in [5.41, 5.74) is 0.607. The third-order valence-corrected chi connectivity index (χ3v) is 5.07. The SMILES string of the molecule is COCCCNC(=O)c1ccc(CS(=O)(=O)Cc2cccc(Cl)c2)o1. The molecule has 2 aromatic rings. The number of carbonyl (C=O) groups is 1. The van der Waals surface area contributed by atoms with Gasteiger partial charge in [-0.15, -0.1) is 0 Å². The van der Waals surface area contributed by atoms with Crippen LogP contribution in [0.1, 0.15) is 28.3 Å². The molecule has 0 atom stereocenters. The van der Waals surface area contributed by atoms with E-state index in [9.17, 15) is 13.2 Å². The van der Waals surface area contributed by atoms with Crippen molar-refractivity contribution in [2.45, 2.75) is 17.9 Å². The van der Waals surface area contributed by atoms with Gasteiger partial charge in [-0.2, -0.15) is 0 Å². The normalized spacial score (nSPS) is 11.4. The van der Waals surface area contributed by atoms with E-state index in [1.54, 1.807) is 31.4 Å². The molecule has 136 valence electrons. The number of benzene rings is 1. The van der Waals surface area contributed by atoms with Gasteiger partial charge in [-0.25, -0.2) is 8.42 Å². The molecule has 0 saturated carbocycles. The smallest absolute Gasteiger partial charge is 0.286 e. The first kappa shape index (κ1) is 19.5. The van der Waals surface area contributed by atoms with E-state index in [0.717, 1.165) is 0 Å². The summed E-state index contributed by atoms with van der Waals surface area (Å²) in [5.74, 6) is -0.493. The van der Waals surface area contributed by atoms with E-state index < -0.39 is 9.84 Å². The number of ether oxygens (including phenoxy) is 1. The lowest BCUT2D eigenvalue weighted by Crippen LogP contribution is -2.24. The molecule has 1 N–H and O–H groups in total. The predicted octanol–water partition coefficient (Wildman–Crippen LogP) is 2.81. The van der Waals surface area contributed by atoms with Gasteiger partial charge in [-0.3, -0.25) is 4.79 Å². The number of carbonyl (C=O) groups excluding carboxylic acids is 1. The van der Waals surface area contributed by atoms with Crippen LogP contribution in [0.5, 0.6) is 0 Å². The standard InChI is InChI=1S/C17H20ClNO5S/c1-23-9-3-8-19-17(20)16-7-6-15(24-16)12-25(21,22)11-13-4-2-5-14(18)10-13/h2,4-7,10H,3,8-9,11-12H2,1H3,(H,19,20). The molecular weight excluding hydrogens is 366 g/mol. The molecule has 1 amide bonds. The molecular formula is C17H20ClNO5S. The molecule has 0 unspecified atom stereocenters. The molecule has 6 nitrogen and oxygen atoms in total.